The monoisotopic (exact) mass is 385 g/mol. The number of aryl methyl sites for hydroxylation is 1. The van der Waals surface area contributed by atoms with E-state index in [2.05, 4.69) is 69.2 Å². The third-order valence-electron chi connectivity index (χ3n) is 3.02. The van der Waals surface area contributed by atoms with Gasteiger partial charge in [-0.05, 0) is 71.2 Å². The molecule has 0 aliphatic rings. The fraction of sp³-hybridized carbons (Fsp3) is 0.333. The van der Waals surface area contributed by atoms with Gasteiger partial charge in [0.25, 0.3) is 0 Å². The van der Waals surface area contributed by atoms with Crippen molar-refractivity contribution in [3.05, 3.63) is 56.4 Å². The second kappa shape index (κ2) is 6.73. The summed E-state index contributed by atoms with van der Waals surface area (Å²) in [7, 11) is 0. The van der Waals surface area contributed by atoms with Crippen molar-refractivity contribution < 1.29 is 4.42 Å². The molecule has 2 rings (SSSR count). The minimum Gasteiger partial charge on any atom is -0.452 e. The van der Waals surface area contributed by atoms with Crippen molar-refractivity contribution in [2.24, 2.45) is 0 Å². The summed E-state index contributed by atoms with van der Waals surface area (Å²) in [6.45, 7) is 5.24. The lowest BCUT2D eigenvalue weighted by Gasteiger charge is -2.19. The van der Waals surface area contributed by atoms with Gasteiger partial charge in [-0.1, -0.05) is 28.9 Å². The number of nitrogens with one attached hydrogen (secondary N) is 1. The largest absolute Gasteiger partial charge is 0.452 e. The Bertz CT molecular complexity index is 551. The van der Waals surface area contributed by atoms with Crippen LogP contribution in [0.1, 0.15) is 36.3 Å². The molecule has 1 aromatic heterocycles. The van der Waals surface area contributed by atoms with Crippen LogP contribution in [0.15, 0.2) is 43.9 Å². The van der Waals surface area contributed by atoms with Gasteiger partial charge in [-0.15, -0.1) is 0 Å². The highest BCUT2D eigenvalue weighted by atomic mass is 79.9. The molecular weight excluding hydrogens is 370 g/mol. The molecule has 19 heavy (non-hydrogen) atoms. The van der Waals surface area contributed by atoms with Crippen LogP contribution >= 0.6 is 31.9 Å². The molecule has 4 heteroatoms. The summed E-state index contributed by atoms with van der Waals surface area (Å²) in [5, 5.41) is 3.55. The Morgan fingerprint density at radius 2 is 2.00 bits per heavy atom. The van der Waals surface area contributed by atoms with Gasteiger partial charge in [0.1, 0.15) is 5.76 Å². The van der Waals surface area contributed by atoms with Crippen LogP contribution in [0.25, 0.3) is 0 Å². The third kappa shape index (κ3) is 3.71. The van der Waals surface area contributed by atoms with Gasteiger partial charge in [-0.2, -0.15) is 0 Å². The van der Waals surface area contributed by atoms with Crippen LogP contribution < -0.4 is 5.32 Å². The van der Waals surface area contributed by atoms with Gasteiger partial charge in [-0.25, -0.2) is 0 Å². The highest BCUT2D eigenvalue weighted by Crippen LogP contribution is 2.29. The number of halogens is 2. The number of furan rings is 1. The first-order valence-electron chi connectivity index (χ1n) is 6.36. The molecule has 0 spiro atoms. The zero-order valence-electron chi connectivity index (χ0n) is 11.0. The van der Waals surface area contributed by atoms with Gasteiger partial charge in [-0.3, -0.25) is 0 Å². The number of rotatable bonds is 5. The van der Waals surface area contributed by atoms with E-state index in [4.69, 9.17) is 4.42 Å². The molecule has 1 aromatic carbocycles. The van der Waals surface area contributed by atoms with Crippen LogP contribution in [0.2, 0.25) is 0 Å². The normalized spacial score (nSPS) is 12.6. The fourth-order valence-corrected chi connectivity index (χ4v) is 2.89. The Balaban J connectivity index is 2.36. The van der Waals surface area contributed by atoms with Crippen molar-refractivity contribution in [3.8, 4) is 0 Å². The topological polar surface area (TPSA) is 25.2 Å². The molecule has 0 radical (unpaired) electrons. The van der Waals surface area contributed by atoms with Crippen molar-refractivity contribution in [2.75, 3.05) is 6.54 Å². The summed E-state index contributed by atoms with van der Waals surface area (Å²) in [6.07, 6.45) is 1.09. The molecule has 0 amide bonds. The summed E-state index contributed by atoms with van der Waals surface area (Å²) in [5.41, 5.74) is 2.49. The Morgan fingerprint density at radius 1 is 1.21 bits per heavy atom. The highest BCUT2D eigenvalue weighted by molar-refractivity contribution is 9.10. The zero-order valence-corrected chi connectivity index (χ0v) is 14.2. The van der Waals surface area contributed by atoms with E-state index in [-0.39, 0.29) is 6.04 Å². The molecule has 2 aromatic rings. The molecule has 2 nitrogen and oxygen atoms in total. The predicted octanol–water partition coefficient (Wildman–Crippen LogP) is 5.20. The molecule has 1 heterocycles. The van der Waals surface area contributed by atoms with Crippen molar-refractivity contribution in [1.29, 1.82) is 0 Å². The molecule has 1 N–H and O–H groups in total. The molecule has 102 valence electrons. The van der Waals surface area contributed by atoms with E-state index in [1.807, 2.05) is 12.1 Å². The highest BCUT2D eigenvalue weighted by Gasteiger charge is 2.18. The molecule has 0 saturated heterocycles. The summed E-state index contributed by atoms with van der Waals surface area (Å²) in [5.74, 6) is 0.936. The lowest BCUT2D eigenvalue weighted by atomic mass is 9.99. The van der Waals surface area contributed by atoms with Gasteiger partial charge < -0.3 is 9.73 Å². The summed E-state index contributed by atoms with van der Waals surface area (Å²) in [6, 6.07) is 10.4. The Kier molecular flexibility index (Phi) is 5.25. The van der Waals surface area contributed by atoms with Crippen LogP contribution in [0.4, 0.5) is 0 Å². The Morgan fingerprint density at radius 3 is 2.58 bits per heavy atom. The van der Waals surface area contributed by atoms with Crippen LogP contribution in [-0.4, -0.2) is 6.54 Å². The second-order valence-corrected chi connectivity index (χ2v) is 6.23. The fourth-order valence-electron chi connectivity index (χ4n) is 2.10. The van der Waals surface area contributed by atoms with E-state index in [0.29, 0.717) is 0 Å². The van der Waals surface area contributed by atoms with E-state index in [9.17, 15) is 0 Å². The summed E-state index contributed by atoms with van der Waals surface area (Å²) < 4.78 is 7.59. The van der Waals surface area contributed by atoms with E-state index < -0.39 is 0 Å². The average Bonchev–Trinajstić information content (AvgIpc) is 2.78. The van der Waals surface area contributed by atoms with Crippen LogP contribution in [0, 0.1) is 6.92 Å². The molecule has 0 aliphatic heterocycles. The van der Waals surface area contributed by atoms with Gasteiger partial charge in [0.05, 0.1) is 6.04 Å². The average molecular weight is 387 g/mol. The van der Waals surface area contributed by atoms with Crippen molar-refractivity contribution >= 4 is 31.9 Å². The number of hydrogen-bond donors (Lipinski definition) is 1. The lowest BCUT2D eigenvalue weighted by Crippen LogP contribution is -2.23. The maximum absolute atomic E-state index is 5.72. The first-order valence-corrected chi connectivity index (χ1v) is 7.95. The standard InChI is InChI=1S/C15H17Br2NO/c1-3-8-18-15(13-6-7-14(17)19-13)12-5-4-11(16)9-10(12)2/h4-7,9,15,18H,3,8H2,1-2H3. The van der Waals surface area contributed by atoms with Gasteiger partial charge in [0.2, 0.25) is 0 Å². The van der Waals surface area contributed by atoms with Crippen LogP contribution in [-0.2, 0) is 0 Å². The third-order valence-corrected chi connectivity index (χ3v) is 3.94. The van der Waals surface area contributed by atoms with Crippen molar-refractivity contribution in [2.45, 2.75) is 26.3 Å². The number of benzene rings is 1. The smallest absolute Gasteiger partial charge is 0.169 e. The maximum Gasteiger partial charge on any atom is 0.169 e. The van der Waals surface area contributed by atoms with E-state index in [0.717, 1.165) is 27.9 Å². The summed E-state index contributed by atoms with van der Waals surface area (Å²) in [4.78, 5) is 0. The van der Waals surface area contributed by atoms with Crippen LogP contribution in [0.3, 0.4) is 0 Å². The molecular formula is C15H17Br2NO. The zero-order chi connectivity index (χ0) is 13.8. The maximum atomic E-state index is 5.72. The van der Waals surface area contributed by atoms with Crippen molar-refractivity contribution in [3.63, 3.8) is 0 Å². The molecule has 1 atom stereocenters. The molecule has 0 saturated carbocycles. The lowest BCUT2D eigenvalue weighted by molar-refractivity contribution is 0.432. The molecule has 0 aliphatic carbocycles. The number of hydrogen-bond acceptors (Lipinski definition) is 2. The Labute approximate surface area is 130 Å². The van der Waals surface area contributed by atoms with Gasteiger partial charge in [0.15, 0.2) is 4.67 Å². The Hall–Kier alpha value is -0.580. The van der Waals surface area contributed by atoms with Crippen LogP contribution in [0.5, 0.6) is 0 Å². The first-order chi connectivity index (χ1) is 9.11. The SMILES string of the molecule is CCCNC(c1ccc(Br)o1)c1ccc(Br)cc1C. The summed E-state index contributed by atoms with van der Waals surface area (Å²) >= 11 is 6.88. The second-order valence-electron chi connectivity index (χ2n) is 4.53. The van der Waals surface area contributed by atoms with Gasteiger partial charge in [0, 0.05) is 4.47 Å². The van der Waals surface area contributed by atoms with Crippen molar-refractivity contribution in [1.82, 2.24) is 5.32 Å². The first kappa shape index (κ1) is 14.8. The molecule has 0 bridgehead atoms. The van der Waals surface area contributed by atoms with Gasteiger partial charge >= 0.3 is 0 Å². The molecule has 0 fully saturated rings. The minimum atomic E-state index is 0.0966. The quantitative estimate of drug-likeness (QED) is 0.763. The molecule has 1 unspecified atom stereocenters. The van der Waals surface area contributed by atoms with E-state index >= 15 is 0 Å². The van der Waals surface area contributed by atoms with E-state index in [1.54, 1.807) is 0 Å². The van der Waals surface area contributed by atoms with E-state index in [1.165, 1.54) is 11.1 Å². The predicted molar refractivity (Wildman–Crippen MR) is 85.4 cm³/mol. The minimum absolute atomic E-state index is 0.0966.